The van der Waals surface area contributed by atoms with Gasteiger partial charge in [-0.25, -0.2) is 10.5 Å². The van der Waals surface area contributed by atoms with Gasteiger partial charge in [0.2, 0.25) is 0 Å². The molecule has 0 saturated carbocycles. The van der Waals surface area contributed by atoms with Crippen LogP contribution in [-0.4, -0.2) is 25.6 Å². The number of aromatic nitrogens is 3. The lowest BCUT2D eigenvalue weighted by atomic mass is 10.1. The molecule has 158 valence electrons. The van der Waals surface area contributed by atoms with E-state index in [0.717, 1.165) is 46.4 Å². The summed E-state index contributed by atoms with van der Waals surface area (Å²) in [5.74, 6) is 0.390. The van der Waals surface area contributed by atoms with Crippen LogP contribution in [0.15, 0.2) is 85.3 Å². The largest absolute Gasteiger partial charge is 0.323 e. The third kappa shape index (κ3) is 6.10. The Morgan fingerprint density at radius 2 is 2.13 bits per heavy atom. The van der Waals surface area contributed by atoms with Crippen molar-refractivity contribution in [2.24, 2.45) is 0 Å². The summed E-state index contributed by atoms with van der Waals surface area (Å²) in [6, 6.07) is 9.83. The van der Waals surface area contributed by atoms with Gasteiger partial charge in [0.15, 0.2) is 0 Å². The van der Waals surface area contributed by atoms with Crippen molar-refractivity contribution in [2.75, 3.05) is 0 Å². The van der Waals surface area contributed by atoms with Crippen molar-refractivity contribution >= 4 is 23.0 Å². The molecule has 0 atom stereocenters. The van der Waals surface area contributed by atoms with Crippen LogP contribution in [0.2, 0.25) is 0 Å². The van der Waals surface area contributed by atoms with Crippen LogP contribution < -0.4 is 5.48 Å². The molecule has 1 amide bonds. The summed E-state index contributed by atoms with van der Waals surface area (Å²) in [4.78, 5) is 20.3. The van der Waals surface area contributed by atoms with E-state index in [1.54, 1.807) is 17.8 Å². The molecule has 0 radical (unpaired) electrons. The topological polar surface area (TPSA) is 80.0 Å². The highest BCUT2D eigenvalue weighted by atomic mass is 16.5. The quantitative estimate of drug-likeness (QED) is 0.232. The fourth-order valence-electron chi connectivity index (χ4n) is 3.21. The molecule has 2 N–H and O–H groups in total. The number of allylic oxidation sites excluding steroid dienone is 5. The maximum atomic E-state index is 11.3. The Kier molecular flexibility index (Phi) is 7.67. The number of amides is 1. The number of nitrogens with one attached hydrogen (secondary N) is 1. The van der Waals surface area contributed by atoms with Crippen molar-refractivity contribution in [1.29, 1.82) is 0 Å². The number of hydrogen-bond donors (Lipinski definition) is 2. The molecule has 0 fully saturated rings. The number of imidazole rings is 1. The zero-order chi connectivity index (χ0) is 22.1. The van der Waals surface area contributed by atoms with Gasteiger partial charge in [0.1, 0.15) is 5.82 Å². The van der Waals surface area contributed by atoms with E-state index in [-0.39, 0.29) is 0 Å². The van der Waals surface area contributed by atoms with E-state index >= 15 is 0 Å². The fraction of sp³-hybridized carbons (Fsp3) is 0.160. The van der Waals surface area contributed by atoms with Gasteiger partial charge in [0.05, 0.1) is 17.6 Å². The predicted molar refractivity (Wildman–Crippen MR) is 123 cm³/mol. The van der Waals surface area contributed by atoms with Crippen LogP contribution in [0, 0.1) is 0 Å². The van der Waals surface area contributed by atoms with Crippen LogP contribution in [0.1, 0.15) is 30.3 Å². The standard InChI is InChI=1S/C25H26N4O2/c1-3-4-5-7-19(2)9-13-24-27-22-16-20(11-14-25(30)28-31)10-12-23(22)29(24)18-21-8-6-15-26-17-21/h3-8,10-12,14-17,31H,2,9,13,18H2,1H3,(H,28,30)/b4-3-,7-5-,14-11+. The van der Waals surface area contributed by atoms with E-state index < -0.39 is 5.91 Å². The Labute approximate surface area is 181 Å². The first kappa shape index (κ1) is 21.9. The van der Waals surface area contributed by atoms with Gasteiger partial charge in [-0.1, -0.05) is 48.6 Å². The molecule has 3 aromatic rings. The summed E-state index contributed by atoms with van der Waals surface area (Å²) in [7, 11) is 0. The molecule has 0 bridgehead atoms. The number of nitrogens with zero attached hydrogens (tertiary/aromatic N) is 3. The zero-order valence-corrected chi connectivity index (χ0v) is 17.5. The monoisotopic (exact) mass is 414 g/mol. The van der Waals surface area contributed by atoms with Crippen molar-refractivity contribution in [3.63, 3.8) is 0 Å². The zero-order valence-electron chi connectivity index (χ0n) is 17.5. The van der Waals surface area contributed by atoms with E-state index in [1.807, 2.05) is 67.8 Å². The molecule has 0 spiro atoms. The van der Waals surface area contributed by atoms with Crippen LogP contribution in [0.25, 0.3) is 17.1 Å². The maximum absolute atomic E-state index is 11.3. The van der Waals surface area contributed by atoms with Crippen LogP contribution in [0.5, 0.6) is 0 Å². The molecule has 2 aromatic heterocycles. The van der Waals surface area contributed by atoms with Crippen LogP contribution in [0.4, 0.5) is 0 Å². The molecular formula is C25H26N4O2. The Bertz CT molecular complexity index is 1140. The molecule has 6 heteroatoms. The number of pyridine rings is 1. The predicted octanol–water partition coefficient (Wildman–Crippen LogP) is 4.62. The third-order valence-electron chi connectivity index (χ3n) is 4.76. The van der Waals surface area contributed by atoms with Crippen LogP contribution in [0.3, 0.4) is 0 Å². The van der Waals surface area contributed by atoms with Crippen LogP contribution >= 0.6 is 0 Å². The Balaban J connectivity index is 1.91. The second-order valence-electron chi connectivity index (χ2n) is 7.08. The van der Waals surface area contributed by atoms with Gasteiger partial charge in [-0.3, -0.25) is 15.0 Å². The van der Waals surface area contributed by atoms with Gasteiger partial charge in [0, 0.05) is 24.9 Å². The second-order valence-corrected chi connectivity index (χ2v) is 7.08. The molecule has 3 rings (SSSR count). The molecule has 0 unspecified atom stereocenters. The highest BCUT2D eigenvalue weighted by molar-refractivity contribution is 5.91. The first-order valence-electron chi connectivity index (χ1n) is 10.1. The SMILES string of the molecule is C=C(/C=C\C=C/C)CCc1nc2cc(/C=C/C(=O)NO)ccc2n1Cc1cccnc1. The van der Waals surface area contributed by atoms with Crippen molar-refractivity contribution in [1.82, 2.24) is 20.0 Å². The summed E-state index contributed by atoms with van der Waals surface area (Å²) in [6.45, 7) is 6.79. The maximum Gasteiger partial charge on any atom is 0.267 e. The molecule has 0 aliphatic heterocycles. The number of rotatable bonds is 9. The first-order chi connectivity index (χ1) is 15.1. The van der Waals surface area contributed by atoms with Crippen molar-refractivity contribution in [3.05, 3.63) is 102 Å². The number of fused-ring (bicyclic) bond motifs is 1. The van der Waals surface area contributed by atoms with E-state index in [2.05, 4.69) is 16.1 Å². The molecule has 2 heterocycles. The average molecular weight is 415 g/mol. The molecule has 0 aliphatic carbocycles. The van der Waals surface area contributed by atoms with Gasteiger partial charge in [-0.05, 0) is 48.7 Å². The highest BCUT2D eigenvalue weighted by Gasteiger charge is 2.12. The summed E-state index contributed by atoms with van der Waals surface area (Å²) in [6.07, 6.45) is 16.1. The second kappa shape index (κ2) is 10.8. The lowest BCUT2D eigenvalue weighted by Gasteiger charge is -2.09. The Morgan fingerprint density at radius 1 is 1.26 bits per heavy atom. The first-order valence-corrected chi connectivity index (χ1v) is 10.1. The lowest BCUT2D eigenvalue weighted by Crippen LogP contribution is -2.14. The normalized spacial score (nSPS) is 11.8. The minimum Gasteiger partial charge on any atom is -0.323 e. The van der Waals surface area contributed by atoms with Crippen molar-refractivity contribution in [2.45, 2.75) is 26.3 Å². The molecule has 0 aliphatic rings. The molecule has 31 heavy (non-hydrogen) atoms. The van der Waals surface area contributed by atoms with Gasteiger partial charge in [-0.15, -0.1) is 0 Å². The molecular weight excluding hydrogens is 388 g/mol. The van der Waals surface area contributed by atoms with Crippen molar-refractivity contribution < 1.29 is 10.0 Å². The number of hydroxylamine groups is 1. The number of hydrogen-bond acceptors (Lipinski definition) is 4. The smallest absolute Gasteiger partial charge is 0.267 e. The molecule has 0 saturated heterocycles. The van der Waals surface area contributed by atoms with Gasteiger partial charge >= 0.3 is 0 Å². The average Bonchev–Trinajstić information content (AvgIpc) is 3.13. The number of benzene rings is 1. The summed E-state index contributed by atoms with van der Waals surface area (Å²) < 4.78 is 2.20. The number of aryl methyl sites for hydroxylation is 1. The summed E-state index contributed by atoms with van der Waals surface area (Å²) in [5.41, 5.74) is 6.41. The lowest BCUT2D eigenvalue weighted by molar-refractivity contribution is -0.124. The van der Waals surface area contributed by atoms with Gasteiger partial charge in [0.25, 0.3) is 5.91 Å². The van der Waals surface area contributed by atoms with E-state index in [0.29, 0.717) is 6.54 Å². The summed E-state index contributed by atoms with van der Waals surface area (Å²) >= 11 is 0. The van der Waals surface area contributed by atoms with Crippen molar-refractivity contribution in [3.8, 4) is 0 Å². The number of carbonyl (C=O) groups excluding carboxylic acids is 1. The minimum absolute atomic E-state index is 0.577. The Morgan fingerprint density at radius 3 is 2.87 bits per heavy atom. The van der Waals surface area contributed by atoms with Gasteiger partial charge in [-0.2, -0.15) is 0 Å². The third-order valence-corrected chi connectivity index (χ3v) is 4.76. The molecule has 6 nitrogen and oxygen atoms in total. The van der Waals surface area contributed by atoms with E-state index in [4.69, 9.17) is 10.2 Å². The van der Waals surface area contributed by atoms with Crippen LogP contribution in [-0.2, 0) is 17.8 Å². The Hall–Kier alpha value is -3.77. The molecule has 1 aromatic carbocycles. The fourth-order valence-corrected chi connectivity index (χ4v) is 3.21. The van der Waals surface area contributed by atoms with Gasteiger partial charge < -0.3 is 4.57 Å². The van der Waals surface area contributed by atoms with E-state index in [9.17, 15) is 4.79 Å². The minimum atomic E-state index is -0.577. The van der Waals surface area contributed by atoms with E-state index in [1.165, 1.54) is 6.08 Å². The number of carbonyl (C=O) groups is 1. The summed E-state index contributed by atoms with van der Waals surface area (Å²) in [5, 5.41) is 8.65. The highest BCUT2D eigenvalue weighted by Crippen LogP contribution is 2.22.